The van der Waals surface area contributed by atoms with E-state index in [1.165, 1.54) is 42.2 Å². The number of hydrogen-bond acceptors (Lipinski definition) is 4. The number of fused-ring (bicyclic) bond motifs is 10. The van der Waals surface area contributed by atoms with Gasteiger partial charge in [-0.05, 0) is 58.7 Å². The summed E-state index contributed by atoms with van der Waals surface area (Å²) in [4.78, 5) is 16.1. The molecule has 0 bridgehead atoms. The Morgan fingerprint density at radius 3 is 1.60 bits per heavy atom. The fourth-order valence-electron chi connectivity index (χ4n) is 9.57. The van der Waals surface area contributed by atoms with Crippen molar-refractivity contribution in [2.75, 3.05) is 0 Å². The van der Waals surface area contributed by atoms with E-state index in [2.05, 4.69) is 203 Å². The largest absolute Gasteiger partial charge is 0.307 e. The van der Waals surface area contributed by atoms with Gasteiger partial charge in [0.05, 0.1) is 22.1 Å². The van der Waals surface area contributed by atoms with E-state index >= 15 is 0 Å². The second-order valence-corrected chi connectivity index (χ2v) is 17.1. The van der Waals surface area contributed by atoms with E-state index in [4.69, 9.17) is 15.0 Å². The van der Waals surface area contributed by atoms with Crippen molar-refractivity contribution < 1.29 is 0 Å². The summed E-state index contributed by atoms with van der Waals surface area (Å²) >= 11 is 1.81. The third kappa shape index (κ3) is 5.66. The Hall–Kier alpha value is -8.19. The molecule has 6 heteroatoms. The summed E-state index contributed by atoms with van der Waals surface area (Å²) in [7, 11) is 0. The quantitative estimate of drug-likeness (QED) is 0.168. The van der Waals surface area contributed by atoms with Crippen molar-refractivity contribution in [1.82, 2.24) is 24.1 Å². The van der Waals surface area contributed by atoms with Crippen LogP contribution in [0.2, 0.25) is 0 Å². The molecule has 294 valence electrons. The Morgan fingerprint density at radius 1 is 0.333 bits per heavy atom. The summed E-state index contributed by atoms with van der Waals surface area (Å²) < 4.78 is 7.14. The summed E-state index contributed by atoms with van der Waals surface area (Å²) in [6.45, 7) is 0. The second kappa shape index (κ2) is 14.2. The van der Waals surface area contributed by atoms with Gasteiger partial charge in [0, 0.05) is 58.5 Å². The molecule has 63 heavy (non-hydrogen) atoms. The zero-order chi connectivity index (χ0) is 41.4. The standard InChI is InChI=1S/C57H35N5S/c1-4-16-36(17-5-1)39-22-14-23-41(34-39)61-48-27-12-10-24-43(48)45-32-33-46-44-25-11-13-28-49(44)62(54(46)53(45)61)57-59-55(38-20-8-3-9-21-38)58-56(60-57)40-30-31-47-51(35-40)63-50-29-15-26-42(52(47)50)37-18-6-2-7-19-37/h1-35H. The van der Waals surface area contributed by atoms with E-state index in [1.54, 1.807) is 0 Å². The van der Waals surface area contributed by atoms with E-state index in [9.17, 15) is 0 Å². The Balaban J connectivity index is 1.09. The summed E-state index contributed by atoms with van der Waals surface area (Å²) in [5.74, 6) is 1.80. The van der Waals surface area contributed by atoms with Gasteiger partial charge in [0.2, 0.25) is 5.95 Å². The number of thiophene rings is 1. The lowest BCUT2D eigenvalue weighted by molar-refractivity contribution is 0.953. The van der Waals surface area contributed by atoms with Gasteiger partial charge in [0.1, 0.15) is 0 Å². The van der Waals surface area contributed by atoms with Crippen LogP contribution in [-0.4, -0.2) is 24.1 Å². The molecular formula is C57H35N5S. The van der Waals surface area contributed by atoms with Crippen molar-refractivity contribution in [3.63, 3.8) is 0 Å². The molecule has 4 aromatic heterocycles. The van der Waals surface area contributed by atoms with Crippen molar-refractivity contribution in [1.29, 1.82) is 0 Å². The van der Waals surface area contributed by atoms with Crippen molar-refractivity contribution in [2.24, 2.45) is 0 Å². The van der Waals surface area contributed by atoms with Crippen LogP contribution in [-0.2, 0) is 0 Å². The molecule has 0 spiro atoms. The third-order valence-corrected chi connectivity index (χ3v) is 13.5. The lowest BCUT2D eigenvalue weighted by atomic mass is 9.99. The Morgan fingerprint density at radius 2 is 0.889 bits per heavy atom. The van der Waals surface area contributed by atoms with Gasteiger partial charge in [-0.1, -0.05) is 176 Å². The Kier molecular flexibility index (Phi) is 8.01. The highest BCUT2D eigenvalue weighted by molar-refractivity contribution is 7.26. The summed E-state index contributed by atoms with van der Waals surface area (Å²) in [5.41, 5.74) is 12.0. The van der Waals surface area contributed by atoms with E-state index in [-0.39, 0.29) is 0 Å². The molecule has 0 fully saturated rings. The minimum absolute atomic E-state index is 0.565. The zero-order valence-corrected chi connectivity index (χ0v) is 34.7. The van der Waals surface area contributed by atoms with Crippen molar-refractivity contribution in [2.45, 2.75) is 0 Å². The molecule has 0 radical (unpaired) electrons. The molecule has 0 aliphatic carbocycles. The Bertz CT molecular complexity index is 3900. The van der Waals surface area contributed by atoms with Gasteiger partial charge >= 0.3 is 0 Å². The first-order valence-electron chi connectivity index (χ1n) is 21.2. The first kappa shape index (κ1) is 35.6. The lowest BCUT2D eigenvalue weighted by Crippen LogP contribution is -2.07. The molecule has 13 rings (SSSR count). The highest BCUT2D eigenvalue weighted by Gasteiger charge is 2.24. The maximum absolute atomic E-state index is 5.45. The zero-order valence-electron chi connectivity index (χ0n) is 33.9. The predicted octanol–water partition coefficient (Wildman–Crippen LogP) is 15.1. The molecule has 0 saturated heterocycles. The van der Waals surface area contributed by atoms with Gasteiger partial charge in [0.15, 0.2) is 11.6 Å². The van der Waals surface area contributed by atoms with Crippen LogP contribution in [0.25, 0.3) is 120 Å². The van der Waals surface area contributed by atoms with Crippen LogP contribution in [0, 0.1) is 0 Å². The SMILES string of the molecule is c1ccc(-c2cccc(-n3c4ccccc4c4ccc5c6ccccc6n(-c6nc(-c7ccccc7)nc(-c7ccc8c(c7)sc7cccc(-c9ccccc9)c78)n6)c5c43)c2)cc1. The highest BCUT2D eigenvalue weighted by Crippen LogP contribution is 2.44. The molecular weight excluding hydrogens is 787 g/mol. The van der Waals surface area contributed by atoms with Crippen LogP contribution in [0.15, 0.2) is 212 Å². The topological polar surface area (TPSA) is 48.5 Å². The first-order valence-corrected chi connectivity index (χ1v) is 22.0. The minimum atomic E-state index is 0.565. The third-order valence-electron chi connectivity index (χ3n) is 12.4. The number of aromatic nitrogens is 5. The average Bonchev–Trinajstić information content (AvgIpc) is 4.02. The molecule has 13 aromatic rings. The molecule has 0 amide bonds. The van der Waals surface area contributed by atoms with E-state index in [0.29, 0.717) is 17.6 Å². The van der Waals surface area contributed by atoms with Crippen LogP contribution < -0.4 is 0 Å². The molecule has 0 unspecified atom stereocenters. The van der Waals surface area contributed by atoms with E-state index in [0.717, 1.165) is 60.6 Å². The van der Waals surface area contributed by atoms with Gasteiger partial charge in [-0.15, -0.1) is 11.3 Å². The van der Waals surface area contributed by atoms with Crippen molar-refractivity contribution in [3.8, 4) is 56.7 Å². The highest BCUT2D eigenvalue weighted by atomic mass is 32.1. The summed E-state index contributed by atoms with van der Waals surface area (Å²) in [6.07, 6.45) is 0. The normalized spacial score (nSPS) is 11.8. The van der Waals surface area contributed by atoms with E-state index in [1.807, 2.05) is 29.5 Å². The van der Waals surface area contributed by atoms with Gasteiger partial charge in [-0.2, -0.15) is 9.97 Å². The molecule has 0 aliphatic heterocycles. The second-order valence-electron chi connectivity index (χ2n) is 16.0. The van der Waals surface area contributed by atoms with Crippen molar-refractivity contribution in [3.05, 3.63) is 212 Å². The Labute approximate surface area is 366 Å². The van der Waals surface area contributed by atoms with E-state index < -0.39 is 0 Å². The monoisotopic (exact) mass is 821 g/mol. The number of hydrogen-bond donors (Lipinski definition) is 0. The molecule has 5 nitrogen and oxygen atoms in total. The fourth-order valence-corrected chi connectivity index (χ4v) is 10.7. The van der Waals surface area contributed by atoms with Gasteiger partial charge < -0.3 is 4.57 Å². The fraction of sp³-hybridized carbons (Fsp3) is 0. The molecule has 0 atom stereocenters. The van der Waals surface area contributed by atoms with Crippen LogP contribution in [0.1, 0.15) is 0 Å². The van der Waals surface area contributed by atoms with Crippen LogP contribution in [0.3, 0.4) is 0 Å². The minimum Gasteiger partial charge on any atom is -0.307 e. The van der Waals surface area contributed by atoms with Crippen LogP contribution >= 0.6 is 11.3 Å². The number of rotatable bonds is 6. The summed E-state index contributed by atoms with van der Waals surface area (Å²) in [6, 6.07) is 75.6. The maximum Gasteiger partial charge on any atom is 0.238 e. The number of nitrogens with zero attached hydrogens (tertiary/aromatic N) is 5. The molecule has 9 aromatic carbocycles. The predicted molar refractivity (Wildman–Crippen MR) is 263 cm³/mol. The molecule has 0 N–H and O–H groups in total. The lowest BCUT2D eigenvalue weighted by Gasteiger charge is -2.14. The first-order chi connectivity index (χ1) is 31.2. The van der Waals surface area contributed by atoms with Gasteiger partial charge in [-0.3, -0.25) is 4.57 Å². The smallest absolute Gasteiger partial charge is 0.238 e. The molecule has 0 saturated carbocycles. The number of benzene rings is 9. The van der Waals surface area contributed by atoms with Gasteiger partial charge in [0.25, 0.3) is 0 Å². The van der Waals surface area contributed by atoms with Gasteiger partial charge in [-0.25, -0.2) is 4.98 Å². The molecule has 4 heterocycles. The molecule has 0 aliphatic rings. The average molecular weight is 822 g/mol. The maximum atomic E-state index is 5.45. The van der Waals surface area contributed by atoms with Crippen LogP contribution in [0.4, 0.5) is 0 Å². The summed E-state index contributed by atoms with van der Waals surface area (Å²) in [5, 5.41) is 7.11. The number of para-hydroxylation sites is 2. The van der Waals surface area contributed by atoms with Crippen LogP contribution in [0.5, 0.6) is 0 Å². The van der Waals surface area contributed by atoms with Crippen molar-refractivity contribution >= 4 is 75.1 Å².